The highest BCUT2D eigenvalue weighted by Gasteiger charge is 2.13. The van der Waals surface area contributed by atoms with Gasteiger partial charge in [0.15, 0.2) is 0 Å². The molecule has 3 rings (SSSR count). The molecule has 3 aromatic rings. The largest absolute Gasteiger partial charge is 0.508 e. The van der Waals surface area contributed by atoms with Crippen LogP contribution in [0.4, 0.5) is 0 Å². The third-order valence-corrected chi connectivity index (χ3v) is 5.83. The number of hydrogen-bond acceptors (Lipinski definition) is 1. The molecule has 0 radical (unpaired) electrons. The highest BCUT2D eigenvalue weighted by molar-refractivity contribution is 5.32. The molecule has 0 unspecified atom stereocenters. The first kappa shape index (κ1) is 21.2. The Balaban J connectivity index is 1.33. The van der Waals surface area contributed by atoms with Crippen molar-refractivity contribution in [2.45, 2.75) is 63.7 Å². The average molecular weight is 387 g/mol. The van der Waals surface area contributed by atoms with Crippen molar-refractivity contribution in [3.8, 4) is 5.75 Å². The number of benzene rings is 3. The van der Waals surface area contributed by atoms with Crippen molar-refractivity contribution in [1.82, 2.24) is 0 Å². The Hall–Kier alpha value is -2.54. The summed E-state index contributed by atoms with van der Waals surface area (Å²) in [5.74, 6) is 0.954. The van der Waals surface area contributed by atoms with E-state index in [4.69, 9.17) is 0 Å². The second-order valence-corrected chi connectivity index (χ2v) is 8.02. The smallest absolute Gasteiger partial charge is 0.118 e. The molecule has 1 N–H and O–H groups in total. The van der Waals surface area contributed by atoms with Crippen LogP contribution in [0.15, 0.2) is 84.9 Å². The van der Waals surface area contributed by atoms with Crippen LogP contribution in [0.1, 0.15) is 74.0 Å². The van der Waals surface area contributed by atoms with E-state index in [1.165, 1.54) is 62.5 Å². The lowest BCUT2D eigenvalue weighted by Crippen LogP contribution is -2.01. The molecule has 152 valence electrons. The lowest BCUT2D eigenvalue weighted by molar-refractivity contribution is 0.466. The van der Waals surface area contributed by atoms with E-state index >= 15 is 0 Å². The summed E-state index contributed by atoms with van der Waals surface area (Å²) in [4.78, 5) is 0. The van der Waals surface area contributed by atoms with E-state index in [1.807, 2.05) is 18.2 Å². The van der Waals surface area contributed by atoms with E-state index in [9.17, 15) is 5.11 Å². The topological polar surface area (TPSA) is 20.2 Å². The monoisotopic (exact) mass is 386 g/mol. The van der Waals surface area contributed by atoms with Crippen LogP contribution in [0.2, 0.25) is 0 Å². The molecule has 0 saturated heterocycles. The molecule has 1 heteroatoms. The van der Waals surface area contributed by atoms with E-state index in [-0.39, 0.29) is 0 Å². The number of rotatable bonds is 12. The fourth-order valence-electron chi connectivity index (χ4n) is 4.17. The van der Waals surface area contributed by atoms with E-state index in [2.05, 4.69) is 60.7 Å². The average Bonchev–Trinajstić information content (AvgIpc) is 2.77. The highest BCUT2D eigenvalue weighted by atomic mass is 16.3. The standard InChI is InChI=1S/C28H34O/c29-28-23-15-14-21-26(28)20-8-4-2-1-3-5-13-22-27(24-16-9-6-10-17-24)25-18-11-7-12-19-25/h6-7,9-12,14-19,21,23,27,29H,1-5,8,13,20,22H2. The minimum absolute atomic E-state index is 0.443. The number of phenolic OH excluding ortho intramolecular Hbond substituents is 1. The maximum atomic E-state index is 9.82. The Morgan fingerprint density at radius 1 is 0.517 bits per heavy atom. The molecule has 0 aliphatic carbocycles. The molecule has 0 heterocycles. The Morgan fingerprint density at radius 2 is 1.00 bits per heavy atom. The van der Waals surface area contributed by atoms with Gasteiger partial charge in [-0.3, -0.25) is 0 Å². The van der Waals surface area contributed by atoms with Crippen molar-refractivity contribution in [3.05, 3.63) is 102 Å². The van der Waals surface area contributed by atoms with Gasteiger partial charge in [0, 0.05) is 5.92 Å². The molecule has 0 atom stereocenters. The maximum absolute atomic E-state index is 9.82. The van der Waals surface area contributed by atoms with Gasteiger partial charge >= 0.3 is 0 Å². The van der Waals surface area contributed by atoms with Crippen molar-refractivity contribution < 1.29 is 5.11 Å². The molecule has 0 aromatic heterocycles. The van der Waals surface area contributed by atoms with Crippen LogP contribution in [0.25, 0.3) is 0 Å². The molecule has 29 heavy (non-hydrogen) atoms. The van der Waals surface area contributed by atoms with Gasteiger partial charge in [-0.25, -0.2) is 0 Å². The summed E-state index contributed by atoms with van der Waals surface area (Å²) in [7, 11) is 0. The van der Waals surface area contributed by atoms with Gasteiger partial charge in [0.2, 0.25) is 0 Å². The second kappa shape index (κ2) is 12.1. The Morgan fingerprint density at radius 3 is 1.59 bits per heavy atom. The first-order chi connectivity index (χ1) is 14.3. The zero-order chi connectivity index (χ0) is 20.2. The summed E-state index contributed by atoms with van der Waals surface area (Å²) in [6, 6.07) is 29.6. The molecule has 0 aliphatic heterocycles. The van der Waals surface area contributed by atoms with Crippen LogP contribution in [0.5, 0.6) is 5.75 Å². The quantitative estimate of drug-likeness (QED) is 0.314. The number of unbranched alkanes of at least 4 members (excludes halogenated alkanes) is 6. The first-order valence-electron chi connectivity index (χ1n) is 11.2. The maximum Gasteiger partial charge on any atom is 0.118 e. The summed E-state index contributed by atoms with van der Waals surface area (Å²) < 4.78 is 0. The molecule has 0 aliphatic rings. The van der Waals surface area contributed by atoms with E-state index in [0.29, 0.717) is 11.7 Å². The van der Waals surface area contributed by atoms with Crippen LogP contribution in [0.3, 0.4) is 0 Å². The van der Waals surface area contributed by atoms with Crippen LogP contribution >= 0.6 is 0 Å². The third kappa shape index (κ3) is 7.09. The zero-order valence-corrected chi connectivity index (χ0v) is 17.5. The molecule has 3 aromatic carbocycles. The Kier molecular flexibility index (Phi) is 8.85. The minimum Gasteiger partial charge on any atom is -0.508 e. The normalized spacial score (nSPS) is 11.1. The van der Waals surface area contributed by atoms with Crippen LogP contribution in [-0.4, -0.2) is 5.11 Å². The number of aromatic hydroxyl groups is 1. The fraction of sp³-hybridized carbons (Fsp3) is 0.357. The second-order valence-electron chi connectivity index (χ2n) is 8.02. The molecule has 0 spiro atoms. The fourth-order valence-corrected chi connectivity index (χ4v) is 4.17. The van der Waals surface area contributed by atoms with Crippen molar-refractivity contribution in [3.63, 3.8) is 0 Å². The predicted molar refractivity (Wildman–Crippen MR) is 123 cm³/mol. The molecule has 1 nitrogen and oxygen atoms in total. The Bertz CT molecular complexity index is 770. The van der Waals surface area contributed by atoms with Crippen molar-refractivity contribution in [1.29, 1.82) is 0 Å². The summed E-state index contributed by atoms with van der Waals surface area (Å²) in [5, 5.41) is 9.82. The van der Waals surface area contributed by atoms with Crippen LogP contribution < -0.4 is 0 Å². The minimum atomic E-state index is 0.443. The summed E-state index contributed by atoms with van der Waals surface area (Å²) in [6.45, 7) is 0. The van der Waals surface area contributed by atoms with Gasteiger partial charge in [-0.2, -0.15) is 0 Å². The zero-order valence-electron chi connectivity index (χ0n) is 17.5. The predicted octanol–water partition coefficient (Wildman–Crippen LogP) is 7.89. The number of para-hydroxylation sites is 1. The van der Waals surface area contributed by atoms with Crippen molar-refractivity contribution >= 4 is 0 Å². The molecule has 0 fully saturated rings. The SMILES string of the molecule is Oc1ccccc1CCCCCCCCCC(c1ccccc1)c1ccccc1. The third-order valence-electron chi connectivity index (χ3n) is 5.83. The first-order valence-corrected chi connectivity index (χ1v) is 11.2. The summed E-state index contributed by atoms with van der Waals surface area (Å²) >= 11 is 0. The number of phenols is 1. The van der Waals surface area contributed by atoms with Crippen molar-refractivity contribution in [2.75, 3.05) is 0 Å². The van der Waals surface area contributed by atoms with Gasteiger partial charge in [0.05, 0.1) is 0 Å². The molecule has 0 saturated carbocycles. The lowest BCUT2D eigenvalue weighted by atomic mass is 9.87. The van der Waals surface area contributed by atoms with Gasteiger partial charge in [0.25, 0.3) is 0 Å². The van der Waals surface area contributed by atoms with Gasteiger partial charge in [-0.05, 0) is 42.0 Å². The molecule has 0 bridgehead atoms. The summed E-state index contributed by atoms with van der Waals surface area (Å²) in [5.41, 5.74) is 3.95. The van der Waals surface area contributed by atoms with E-state index < -0.39 is 0 Å². The molecular formula is C28H34O. The van der Waals surface area contributed by atoms with Crippen LogP contribution in [0, 0.1) is 0 Å². The van der Waals surface area contributed by atoms with Crippen LogP contribution in [-0.2, 0) is 6.42 Å². The number of aryl methyl sites for hydroxylation is 1. The van der Waals surface area contributed by atoms with Gasteiger partial charge < -0.3 is 5.11 Å². The van der Waals surface area contributed by atoms with E-state index in [0.717, 1.165) is 12.0 Å². The van der Waals surface area contributed by atoms with Gasteiger partial charge in [-0.1, -0.05) is 117 Å². The van der Waals surface area contributed by atoms with Crippen molar-refractivity contribution in [2.24, 2.45) is 0 Å². The highest BCUT2D eigenvalue weighted by Crippen LogP contribution is 2.30. The van der Waals surface area contributed by atoms with Gasteiger partial charge in [-0.15, -0.1) is 0 Å². The van der Waals surface area contributed by atoms with Gasteiger partial charge in [0.1, 0.15) is 5.75 Å². The molecule has 0 amide bonds. The number of hydrogen-bond donors (Lipinski definition) is 1. The Labute approximate surface area is 176 Å². The van der Waals surface area contributed by atoms with E-state index in [1.54, 1.807) is 6.07 Å². The lowest BCUT2D eigenvalue weighted by Gasteiger charge is -2.18. The molecular weight excluding hydrogens is 352 g/mol. The summed E-state index contributed by atoms with van der Waals surface area (Å²) in [6.07, 6.45) is 11.2.